The molecule has 0 spiro atoms. The number of hydrogen-bond donors (Lipinski definition) is 1. The number of rotatable bonds is 7. The molecule has 1 N–H and O–H groups in total. The molecule has 1 aromatic heterocycles. The predicted molar refractivity (Wildman–Crippen MR) is 98.8 cm³/mol. The number of benzene rings is 1. The number of piperidine rings is 1. The number of nitrogens with one attached hydrogen (secondary N) is 1. The van der Waals surface area contributed by atoms with Crippen LogP contribution in [0.4, 0.5) is 5.82 Å². The third-order valence-corrected chi connectivity index (χ3v) is 5.03. The minimum Gasteiger partial charge on any atom is -0.493 e. The average Bonchev–Trinajstić information content (AvgIpc) is 3.51. The van der Waals surface area contributed by atoms with Crippen LogP contribution in [-0.4, -0.2) is 35.9 Å². The number of para-hydroxylation sites is 1. The second kappa shape index (κ2) is 7.83. The summed E-state index contributed by atoms with van der Waals surface area (Å²) in [6, 6.07) is 12.9. The van der Waals surface area contributed by atoms with Gasteiger partial charge in [-0.1, -0.05) is 18.2 Å². The highest BCUT2D eigenvalue weighted by Crippen LogP contribution is 2.30. The van der Waals surface area contributed by atoms with E-state index < -0.39 is 0 Å². The molecule has 132 valence electrons. The van der Waals surface area contributed by atoms with Crippen molar-refractivity contribution in [2.24, 2.45) is 5.92 Å². The molecule has 25 heavy (non-hydrogen) atoms. The Balaban J connectivity index is 1.33. The van der Waals surface area contributed by atoms with Gasteiger partial charge in [0.2, 0.25) is 0 Å². The number of aromatic nitrogens is 2. The maximum absolute atomic E-state index is 6.02. The third-order valence-electron chi connectivity index (χ3n) is 5.03. The van der Waals surface area contributed by atoms with Crippen LogP contribution in [0.2, 0.25) is 0 Å². The van der Waals surface area contributed by atoms with E-state index in [0.717, 1.165) is 43.7 Å². The highest BCUT2D eigenvalue weighted by atomic mass is 16.5. The predicted octanol–water partition coefficient (Wildman–Crippen LogP) is 3.02. The van der Waals surface area contributed by atoms with Crippen LogP contribution >= 0.6 is 0 Å². The molecule has 0 bridgehead atoms. The van der Waals surface area contributed by atoms with Crippen LogP contribution < -0.4 is 15.0 Å². The van der Waals surface area contributed by atoms with Gasteiger partial charge in [-0.3, -0.25) is 0 Å². The molecule has 1 atom stereocenters. The van der Waals surface area contributed by atoms with Crippen LogP contribution in [0.25, 0.3) is 0 Å². The van der Waals surface area contributed by atoms with Gasteiger partial charge in [-0.2, -0.15) is 5.10 Å². The zero-order valence-electron chi connectivity index (χ0n) is 14.6. The van der Waals surface area contributed by atoms with Crippen LogP contribution in [0.1, 0.15) is 31.2 Å². The lowest BCUT2D eigenvalue weighted by Gasteiger charge is -2.33. The van der Waals surface area contributed by atoms with Crippen molar-refractivity contribution in [1.29, 1.82) is 0 Å². The van der Waals surface area contributed by atoms with Crippen LogP contribution in [0.5, 0.6) is 5.75 Å². The molecular formula is C20H26N4O. The molecule has 2 aliphatic rings. The summed E-state index contributed by atoms with van der Waals surface area (Å²) >= 11 is 0. The molecular weight excluding hydrogens is 312 g/mol. The van der Waals surface area contributed by atoms with Gasteiger partial charge < -0.3 is 15.0 Å². The van der Waals surface area contributed by atoms with Crippen molar-refractivity contribution in [3.8, 4) is 5.75 Å². The van der Waals surface area contributed by atoms with Crippen molar-refractivity contribution in [1.82, 2.24) is 15.5 Å². The van der Waals surface area contributed by atoms with E-state index in [-0.39, 0.29) is 0 Å². The van der Waals surface area contributed by atoms with E-state index in [9.17, 15) is 0 Å². The van der Waals surface area contributed by atoms with Gasteiger partial charge in [0.05, 0.1) is 6.61 Å². The summed E-state index contributed by atoms with van der Waals surface area (Å²) in [6.07, 6.45) is 6.74. The summed E-state index contributed by atoms with van der Waals surface area (Å²) in [6.45, 7) is 3.74. The summed E-state index contributed by atoms with van der Waals surface area (Å²) < 4.78 is 6.02. The highest BCUT2D eigenvalue weighted by Gasteiger charge is 2.23. The van der Waals surface area contributed by atoms with Gasteiger partial charge in [-0.25, -0.2) is 0 Å². The molecule has 0 amide bonds. The molecule has 0 radical (unpaired) electrons. The van der Waals surface area contributed by atoms with E-state index in [4.69, 9.17) is 4.74 Å². The van der Waals surface area contributed by atoms with Crippen molar-refractivity contribution < 1.29 is 4.74 Å². The Hall–Kier alpha value is -2.14. The first kappa shape index (κ1) is 16.3. The quantitative estimate of drug-likeness (QED) is 0.841. The third kappa shape index (κ3) is 4.48. The molecule has 1 saturated heterocycles. The first-order chi connectivity index (χ1) is 12.4. The molecule has 2 aromatic rings. The summed E-state index contributed by atoms with van der Waals surface area (Å²) in [5, 5.41) is 12.0. The SMILES string of the molecule is c1cnnc(N2CCCC(NCc3ccccc3OCC3CC3)C2)c1. The van der Waals surface area contributed by atoms with Gasteiger partial charge >= 0.3 is 0 Å². The summed E-state index contributed by atoms with van der Waals surface area (Å²) in [5.41, 5.74) is 1.25. The van der Waals surface area contributed by atoms with Crippen LogP contribution in [0.3, 0.4) is 0 Å². The molecule has 5 heteroatoms. The Bertz CT molecular complexity index is 674. The van der Waals surface area contributed by atoms with Crippen molar-refractivity contribution in [3.63, 3.8) is 0 Å². The van der Waals surface area contributed by atoms with E-state index in [1.807, 2.05) is 12.1 Å². The van der Waals surface area contributed by atoms with Crippen LogP contribution in [0.15, 0.2) is 42.6 Å². The standard InChI is InChI=1S/C20H26N4O/c1-2-7-19(25-15-16-9-10-16)17(5-1)13-21-18-6-4-12-24(14-18)20-8-3-11-22-23-20/h1-3,5,7-8,11,16,18,21H,4,6,9-10,12-15H2. The summed E-state index contributed by atoms with van der Waals surface area (Å²) in [4.78, 5) is 2.32. The second-order valence-corrected chi connectivity index (χ2v) is 7.11. The second-order valence-electron chi connectivity index (χ2n) is 7.11. The topological polar surface area (TPSA) is 50.3 Å². The van der Waals surface area contributed by atoms with Gasteiger partial charge in [-0.05, 0) is 49.8 Å². The lowest BCUT2D eigenvalue weighted by atomic mass is 10.0. The van der Waals surface area contributed by atoms with Gasteiger partial charge in [0, 0.05) is 37.4 Å². The number of nitrogens with zero attached hydrogens (tertiary/aromatic N) is 3. The van der Waals surface area contributed by atoms with Crippen molar-refractivity contribution in [2.75, 3.05) is 24.6 Å². The molecule has 4 rings (SSSR count). The number of anilines is 1. The smallest absolute Gasteiger partial charge is 0.151 e. The maximum Gasteiger partial charge on any atom is 0.151 e. The Kier molecular flexibility index (Phi) is 5.11. The summed E-state index contributed by atoms with van der Waals surface area (Å²) in [5.74, 6) is 2.78. The molecule has 1 aromatic carbocycles. The molecule has 1 aliphatic heterocycles. The van der Waals surface area contributed by atoms with Crippen LogP contribution in [-0.2, 0) is 6.54 Å². The highest BCUT2D eigenvalue weighted by molar-refractivity contribution is 5.37. The van der Waals surface area contributed by atoms with Crippen molar-refractivity contribution in [2.45, 2.75) is 38.3 Å². The zero-order valence-corrected chi connectivity index (χ0v) is 14.6. The first-order valence-electron chi connectivity index (χ1n) is 9.35. The maximum atomic E-state index is 6.02. The number of ether oxygens (including phenoxy) is 1. The lowest BCUT2D eigenvalue weighted by Crippen LogP contribution is -2.45. The molecule has 1 saturated carbocycles. The van der Waals surface area contributed by atoms with Gasteiger partial charge in [0.15, 0.2) is 5.82 Å². The van der Waals surface area contributed by atoms with E-state index >= 15 is 0 Å². The monoisotopic (exact) mass is 338 g/mol. The van der Waals surface area contributed by atoms with E-state index in [1.54, 1.807) is 6.20 Å². The molecule has 2 fully saturated rings. The van der Waals surface area contributed by atoms with Gasteiger partial charge in [-0.15, -0.1) is 5.10 Å². The zero-order chi connectivity index (χ0) is 16.9. The first-order valence-corrected chi connectivity index (χ1v) is 9.35. The normalized spacial score (nSPS) is 20.5. The minimum atomic E-state index is 0.465. The van der Waals surface area contributed by atoms with E-state index in [2.05, 4.69) is 44.7 Å². The fraction of sp³-hybridized carbons (Fsp3) is 0.500. The van der Waals surface area contributed by atoms with Crippen molar-refractivity contribution >= 4 is 5.82 Å². The Morgan fingerprint density at radius 2 is 2.04 bits per heavy atom. The Labute approximate surface area is 149 Å². The van der Waals surface area contributed by atoms with Crippen LogP contribution in [0, 0.1) is 5.92 Å². The molecule has 5 nitrogen and oxygen atoms in total. The largest absolute Gasteiger partial charge is 0.493 e. The Morgan fingerprint density at radius 1 is 1.12 bits per heavy atom. The fourth-order valence-electron chi connectivity index (χ4n) is 3.35. The Morgan fingerprint density at radius 3 is 2.88 bits per heavy atom. The molecule has 1 aliphatic carbocycles. The average molecular weight is 338 g/mol. The number of hydrogen-bond acceptors (Lipinski definition) is 5. The minimum absolute atomic E-state index is 0.465. The molecule has 1 unspecified atom stereocenters. The van der Waals surface area contributed by atoms with E-state index in [1.165, 1.54) is 31.2 Å². The molecule has 2 heterocycles. The van der Waals surface area contributed by atoms with Crippen molar-refractivity contribution in [3.05, 3.63) is 48.2 Å². The fourth-order valence-corrected chi connectivity index (χ4v) is 3.35. The lowest BCUT2D eigenvalue weighted by molar-refractivity contribution is 0.295. The van der Waals surface area contributed by atoms with Gasteiger partial charge in [0.25, 0.3) is 0 Å². The van der Waals surface area contributed by atoms with Gasteiger partial charge in [0.1, 0.15) is 5.75 Å². The van der Waals surface area contributed by atoms with E-state index in [0.29, 0.717) is 6.04 Å². The summed E-state index contributed by atoms with van der Waals surface area (Å²) in [7, 11) is 0.